The number of rotatable bonds is 9. The lowest BCUT2D eigenvalue weighted by Gasteiger charge is -2.26. The van der Waals surface area contributed by atoms with Crippen molar-refractivity contribution in [2.75, 3.05) is 9.80 Å². The molecule has 2 aromatic heterocycles. The number of hydrogen-bond acceptors (Lipinski definition) is 4. The van der Waals surface area contributed by atoms with E-state index in [0.29, 0.717) is 11.1 Å². The van der Waals surface area contributed by atoms with E-state index in [1.54, 1.807) is 24.3 Å². The van der Waals surface area contributed by atoms with Gasteiger partial charge in [-0.2, -0.15) is 10.5 Å². The number of nitrogens with zero attached hydrogens (tertiary/aromatic N) is 6. The van der Waals surface area contributed by atoms with E-state index in [9.17, 15) is 19.3 Å². The molecule has 72 heavy (non-hydrogen) atoms. The largest absolute Gasteiger partial charge is 0.310 e. The van der Waals surface area contributed by atoms with Gasteiger partial charge in [0.05, 0.1) is 56.7 Å². The second kappa shape index (κ2) is 17.6. The normalized spacial score (nSPS) is 11.3. The number of benzene rings is 10. The molecule has 12 rings (SSSR count). The van der Waals surface area contributed by atoms with Crippen LogP contribution in [0.25, 0.3) is 66.1 Å². The zero-order valence-electron chi connectivity index (χ0n) is 38.0. The number of nitriles is 2. The Labute approximate surface area is 410 Å². The molecular weight excluding hydrogens is 905 g/mol. The molecule has 0 atom stereocenters. The van der Waals surface area contributed by atoms with Gasteiger partial charge in [0.25, 0.3) is 0 Å². The maximum Gasteiger partial charge on any atom is 0.150 e. The van der Waals surface area contributed by atoms with E-state index in [-0.39, 0.29) is 11.4 Å². The van der Waals surface area contributed by atoms with Crippen LogP contribution in [0, 0.1) is 45.9 Å². The number of aromatic nitrogens is 2. The van der Waals surface area contributed by atoms with E-state index in [4.69, 9.17) is 0 Å². The van der Waals surface area contributed by atoms with Crippen molar-refractivity contribution in [2.45, 2.75) is 0 Å². The third kappa shape index (κ3) is 7.43. The minimum Gasteiger partial charge on any atom is -0.310 e. The summed E-state index contributed by atoms with van der Waals surface area (Å²) in [6.45, 7) is 0. The fourth-order valence-corrected chi connectivity index (χ4v) is 9.91. The Morgan fingerprint density at radius 3 is 1.01 bits per heavy atom. The number of anilines is 6. The van der Waals surface area contributed by atoms with Gasteiger partial charge >= 0.3 is 0 Å². The standard InChI is InChI=1S/C62H36F4N6/c63-43-17-29-61(55(65)33-43)71-57-7-3-1-5-51(57)53-35-49(27-31-59(53)71)69(45-19-9-39(37-67)10-20-45)47-23-13-41(14-24-47)42-15-25-48(26-16-42)70(46-21-11-40(38-68)12-22-46)50-28-32-60-54(36-50)52-6-2-4-8-58(52)72(60)62-30-18-44(64)34-56(62)66/h1-36H. The van der Waals surface area contributed by atoms with Gasteiger partial charge in [0.1, 0.15) is 23.3 Å². The molecule has 0 saturated carbocycles. The Morgan fingerprint density at radius 1 is 0.319 bits per heavy atom. The monoisotopic (exact) mass is 940 g/mol. The summed E-state index contributed by atoms with van der Waals surface area (Å²) in [4.78, 5) is 4.22. The summed E-state index contributed by atoms with van der Waals surface area (Å²) in [6.07, 6.45) is 0. The fraction of sp³-hybridized carbons (Fsp3) is 0. The summed E-state index contributed by atoms with van der Waals surface area (Å²) >= 11 is 0. The maximum atomic E-state index is 15.4. The average molecular weight is 941 g/mol. The Hall–Kier alpha value is -9.90. The first-order valence-electron chi connectivity index (χ1n) is 23.0. The van der Waals surface area contributed by atoms with Gasteiger partial charge in [-0.25, -0.2) is 17.6 Å². The van der Waals surface area contributed by atoms with Crippen LogP contribution in [0.3, 0.4) is 0 Å². The molecule has 342 valence electrons. The van der Waals surface area contributed by atoms with Crippen molar-refractivity contribution in [1.82, 2.24) is 9.13 Å². The van der Waals surface area contributed by atoms with Crippen LogP contribution >= 0.6 is 0 Å². The molecule has 6 nitrogen and oxygen atoms in total. The molecule has 0 bridgehead atoms. The van der Waals surface area contributed by atoms with Gasteiger partial charge in [-0.3, -0.25) is 0 Å². The third-order valence-corrected chi connectivity index (χ3v) is 13.2. The average Bonchev–Trinajstić information content (AvgIpc) is 3.92. The zero-order valence-corrected chi connectivity index (χ0v) is 38.0. The predicted molar refractivity (Wildman–Crippen MR) is 279 cm³/mol. The van der Waals surface area contributed by atoms with Crippen LogP contribution < -0.4 is 9.80 Å². The van der Waals surface area contributed by atoms with Crippen molar-refractivity contribution in [3.8, 4) is 34.6 Å². The third-order valence-electron chi connectivity index (χ3n) is 13.2. The highest BCUT2D eigenvalue weighted by Crippen LogP contribution is 2.43. The number of halogens is 4. The van der Waals surface area contributed by atoms with Gasteiger partial charge in [-0.05, 0) is 157 Å². The van der Waals surface area contributed by atoms with E-state index in [0.717, 1.165) is 101 Å². The molecule has 2 heterocycles. The molecule has 0 N–H and O–H groups in total. The van der Waals surface area contributed by atoms with E-state index >= 15 is 8.78 Å². The predicted octanol–water partition coefficient (Wildman–Crippen LogP) is 16.8. The smallest absolute Gasteiger partial charge is 0.150 e. The first-order valence-corrected chi connectivity index (χ1v) is 23.0. The van der Waals surface area contributed by atoms with Crippen LogP contribution in [0.5, 0.6) is 0 Å². The number of fused-ring (bicyclic) bond motifs is 6. The molecule has 0 aliphatic heterocycles. The maximum absolute atomic E-state index is 15.4. The van der Waals surface area contributed by atoms with Crippen molar-refractivity contribution in [1.29, 1.82) is 10.5 Å². The molecule has 0 fully saturated rings. The molecule has 12 aromatic rings. The highest BCUT2D eigenvalue weighted by molar-refractivity contribution is 6.12. The van der Waals surface area contributed by atoms with E-state index in [1.165, 1.54) is 24.3 Å². The Bertz CT molecular complexity index is 3890. The van der Waals surface area contributed by atoms with Crippen LogP contribution in [0.4, 0.5) is 51.7 Å². The summed E-state index contributed by atoms with van der Waals surface area (Å²) in [6, 6.07) is 70.4. The van der Waals surface area contributed by atoms with Gasteiger partial charge in [0, 0.05) is 67.8 Å². The fourth-order valence-electron chi connectivity index (χ4n) is 9.91. The second-order valence-electron chi connectivity index (χ2n) is 17.4. The summed E-state index contributed by atoms with van der Waals surface area (Å²) in [5.74, 6) is -2.63. The van der Waals surface area contributed by atoms with Crippen LogP contribution in [-0.4, -0.2) is 9.13 Å². The first kappa shape index (κ1) is 43.4. The van der Waals surface area contributed by atoms with E-state index in [2.05, 4.69) is 82.6 Å². The topological polar surface area (TPSA) is 63.9 Å². The highest BCUT2D eigenvalue weighted by atomic mass is 19.1. The second-order valence-corrected chi connectivity index (χ2v) is 17.4. The van der Waals surface area contributed by atoms with Crippen LogP contribution in [0.2, 0.25) is 0 Å². The van der Waals surface area contributed by atoms with Crippen molar-refractivity contribution in [2.24, 2.45) is 0 Å². The zero-order chi connectivity index (χ0) is 49.0. The SMILES string of the molecule is N#Cc1ccc(N(c2ccc(-c3ccc(N(c4ccc(C#N)cc4)c4ccc5c(c4)c4ccccc4n5-c4ccc(F)cc4F)cc3)cc2)c2ccc3c(c2)c2ccccc2n3-c2ccc(F)cc2F)cc1. The quantitative estimate of drug-likeness (QED) is 0.135. The summed E-state index contributed by atoms with van der Waals surface area (Å²) in [7, 11) is 0. The Balaban J connectivity index is 0.920. The molecule has 0 saturated heterocycles. The minimum atomic E-state index is -0.665. The minimum absolute atomic E-state index is 0.245. The molecule has 0 aliphatic carbocycles. The number of para-hydroxylation sites is 2. The van der Waals surface area contributed by atoms with Crippen molar-refractivity contribution in [3.05, 3.63) is 253 Å². The van der Waals surface area contributed by atoms with Crippen molar-refractivity contribution >= 4 is 77.7 Å². The van der Waals surface area contributed by atoms with Crippen molar-refractivity contribution in [3.63, 3.8) is 0 Å². The van der Waals surface area contributed by atoms with Crippen LogP contribution in [0.1, 0.15) is 11.1 Å². The lowest BCUT2D eigenvalue weighted by atomic mass is 10.0. The lowest BCUT2D eigenvalue weighted by Crippen LogP contribution is -2.10. The molecule has 10 heteroatoms. The molecule has 0 unspecified atom stereocenters. The van der Waals surface area contributed by atoms with Crippen LogP contribution in [0.15, 0.2) is 218 Å². The highest BCUT2D eigenvalue weighted by Gasteiger charge is 2.22. The Morgan fingerprint density at radius 2 is 0.653 bits per heavy atom. The summed E-state index contributed by atoms with van der Waals surface area (Å²) in [5, 5.41) is 22.9. The number of hydrogen-bond donors (Lipinski definition) is 0. The van der Waals surface area contributed by atoms with Gasteiger partial charge in [-0.15, -0.1) is 0 Å². The van der Waals surface area contributed by atoms with Gasteiger partial charge < -0.3 is 18.9 Å². The molecule has 0 aliphatic rings. The van der Waals surface area contributed by atoms with Crippen molar-refractivity contribution < 1.29 is 17.6 Å². The molecular formula is C62H36F4N6. The van der Waals surface area contributed by atoms with Crippen LogP contribution in [-0.2, 0) is 0 Å². The summed E-state index contributed by atoms with van der Waals surface area (Å²) in [5.41, 5.74) is 11.6. The molecule has 0 amide bonds. The van der Waals surface area contributed by atoms with E-state index in [1.807, 2.05) is 106 Å². The first-order chi connectivity index (χ1) is 35.2. The molecule has 0 spiro atoms. The van der Waals surface area contributed by atoms with Gasteiger partial charge in [-0.1, -0.05) is 60.7 Å². The molecule has 10 aromatic carbocycles. The van der Waals surface area contributed by atoms with Gasteiger partial charge in [0.2, 0.25) is 0 Å². The lowest BCUT2D eigenvalue weighted by molar-refractivity contribution is 0.578. The summed E-state index contributed by atoms with van der Waals surface area (Å²) < 4.78 is 62.5. The molecule has 0 radical (unpaired) electrons. The van der Waals surface area contributed by atoms with E-state index < -0.39 is 23.3 Å². The van der Waals surface area contributed by atoms with Gasteiger partial charge in [0.15, 0.2) is 0 Å². The Kier molecular flexibility index (Phi) is 10.6.